The van der Waals surface area contributed by atoms with Crippen LogP contribution in [0.3, 0.4) is 0 Å². The normalized spacial score (nSPS) is 17.5. The first kappa shape index (κ1) is 35.8. The monoisotopic (exact) mass is 745 g/mol. The van der Waals surface area contributed by atoms with Crippen molar-refractivity contribution in [3.05, 3.63) is 75.4 Å². The van der Waals surface area contributed by atoms with Crippen LogP contribution in [0.1, 0.15) is 53.3 Å². The van der Waals surface area contributed by atoms with Gasteiger partial charge in [0.2, 0.25) is 17.7 Å². The molecular weight excluding hydrogens is 705 g/mol. The number of anilines is 1. The molecule has 6 heterocycles. The number of ether oxygens (including phenoxy) is 1. The van der Waals surface area contributed by atoms with Crippen molar-refractivity contribution in [1.82, 2.24) is 40.4 Å². The minimum absolute atomic E-state index is 0.0269. The maximum atomic E-state index is 13.6. The van der Waals surface area contributed by atoms with Gasteiger partial charge < -0.3 is 35.5 Å². The van der Waals surface area contributed by atoms with Crippen LogP contribution in [0.2, 0.25) is 10.0 Å². The molecule has 0 saturated carbocycles. The number of hydrogen-bond donors (Lipinski definition) is 4. The van der Waals surface area contributed by atoms with Crippen molar-refractivity contribution in [3.8, 4) is 28.4 Å². The molecule has 0 spiro atoms. The lowest BCUT2D eigenvalue weighted by atomic mass is 9.95. The molecule has 2 fully saturated rings. The number of rotatable bonds is 10. The van der Waals surface area contributed by atoms with E-state index in [4.69, 9.17) is 32.9 Å². The number of carbonyl (C=O) groups is 3. The van der Waals surface area contributed by atoms with E-state index < -0.39 is 5.91 Å². The van der Waals surface area contributed by atoms with E-state index in [0.29, 0.717) is 78.1 Å². The number of benzene rings is 1. The lowest BCUT2D eigenvalue weighted by Gasteiger charge is -2.32. The minimum Gasteiger partial charge on any atom is -0.481 e. The van der Waals surface area contributed by atoms with E-state index in [0.717, 1.165) is 49.3 Å². The van der Waals surface area contributed by atoms with Crippen molar-refractivity contribution in [2.75, 3.05) is 38.6 Å². The zero-order chi connectivity index (χ0) is 36.4. The average Bonchev–Trinajstić information content (AvgIpc) is 3.74. The highest BCUT2D eigenvalue weighted by Gasteiger charge is 2.32. The van der Waals surface area contributed by atoms with E-state index in [1.807, 2.05) is 24.1 Å². The molecule has 13 nitrogen and oxygen atoms in total. The molecular formula is C37H41Cl2N9O4. The minimum atomic E-state index is -0.418. The average molecular weight is 747 g/mol. The Balaban J connectivity index is 1.07. The van der Waals surface area contributed by atoms with Gasteiger partial charge in [-0.05, 0) is 50.6 Å². The highest BCUT2D eigenvalue weighted by atomic mass is 35.5. The van der Waals surface area contributed by atoms with Gasteiger partial charge in [-0.3, -0.25) is 19.4 Å². The van der Waals surface area contributed by atoms with Crippen LogP contribution in [-0.2, 0) is 36.1 Å². The number of fused-ring (bicyclic) bond motifs is 1. The third-order valence-electron chi connectivity index (χ3n) is 10.0. The lowest BCUT2D eigenvalue weighted by molar-refractivity contribution is -0.137. The fourth-order valence-electron chi connectivity index (χ4n) is 7.21. The molecule has 1 atom stereocenters. The Kier molecular flexibility index (Phi) is 10.7. The molecule has 0 bridgehead atoms. The van der Waals surface area contributed by atoms with E-state index in [1.54, 1.807) is 42.1 Å². The van der Waals surface area contributed by atoms with Gasteiger partial charge in [-0.15, -0.1) is 0 Å². The van der Waals surface area contributed by atoms with Crippen LogP contribution in [0.15, 0.2) is 42.6 Å². The van der Waals surface area contributed by atoms with Crippen molar-refractivity contribution < 1.29 is 19.1 Å². The second-order valence-corrected chi connectivity index (χ2v) is 14.1. The Bertz CT molecular complexity index is 2010. The molecule has 4 aromatic rings. The number of methoxy groups -OCH3 is 1. The van der Waals surface area contributed by atoms with Crippen molar-refractivity contribution in [2.45, 2.75) is 51.2 Å². The first-order chi connectivity index (χ1) is 25.2. The van der Waals surface area contributed by atoms with Crippen molar-refractivity contribution in [2.24, 2.45) is 13.0 Å². The number of piperidine rings is 1. The SMILES string of the molecule is COc1nc(-c2ccnc(-c3cccc(NC(=O)c4nc5c(n4C)CCN(C(=O)C4CCNCC4)C5)c3Cl)c2Cl)ccc1CNCC1CCC(=O)N1. The molecule has 3 aliphatic rings. The molecule has 52 heavy (non-hydrogen) atoms. The van der Waals surface area contributed by atoms with Gasteiger partial charge in [0.25, 0.3) is 5.91 Å². The summed E-state index contributed by atoms with van der Waals surface area (Å²) in [5, 5.41) is 13.2. The molecule has 15 heteroatoms. The highest BCUT2D eigenvalue weighted by Crippen LogP contribution is 2.40. The van der Waals surface area contributed by atoms with E-state index in [1.165, 1.54) is 0 Å². The zero-order valence-electron chi connectivity index (χ0n) is 29.1. The van der Waals surface area contributed by atoms with Crippen LogP contribution in [0.5, 0.6) is 5.88 Å². The second-order valence-electron chi connectivity index (χ2n) is 13.4. The first-order valence-corrected chi connectivity index (χ1v) is 18.3. The van der Waals surface area contributed by atoms with Crippen LogP contribution in [-0.4, -0.2) is 81.5 Å². The summed E-state index contributed by atoms with van der Waals surface area (Å²) in [6, 6.07) is 11.0. The molecule has 3 amide bonds. The van der Waals surface area contributed by atoms with Gasteiger partial charge in [0.15, 0.2) is 5.82 Å². The van der Waals surface area contributed by atoms with Crippen LogP contribution >= 0.6 is 23.2 Å². The summed E-state index contributed by atoms with van der Waals surface area (Å²) >= 11 is 13.9. The number of pyridine rings is 2. The van der Waals surface area contributed by atoms with Gasteiger partial charge in [0, 0.05) is 80.1 Å². The predicted octanol–water partition coefficient (Wildman–Crippen LogP) is 4.36. The smallest absolute Gasteiger partial charge is 0.291 e. The quantitative estimate of drug-likeness (QED) is 0.185. The maximum Gasteiger partial charge on any atom is 0.291 e. The molecule has 4 N–H and O–H groups in total. The summed E-state index contributed by atoms with van der Waals surface area (Å²) in [6.45, 7) is 3.86. The standard InChI is InChI=1S/C37H41Cl2N9O4/c1-47-29-13-17-48(37(51)21-10-14-40-15-11-21)20-28(29)44-34(47)35(50)45-27-5-3-4-25(31(27)38)33-32(39)24(12-16-42-33)26-8-6-22(36(46-26)52-2)18-41-19-23-7-9-30(49)43-23/h3-6,8,12,16,21,23,40-41H,7,9-11,13-15,17-20H2,1-2H3,(H,43,49)(H,45,50). The molecule has 0 aliphatic carbocycles. The number of nitrogens with one attached hydrogen (secondary N) is 4. The zero-order valence-corrected chi connectivity index (χ0v) is 30.6. The van der Waals surface area contributed by atoms with Gasteiger partial charge in [0.05, 0.1) is 46.5 Å². The van der Waals surface area contributed by atoms with E-state index in [-0.39, 0.29) is 34.6 Å². The van der Waals surface area contributed by atoms with Crippen LogP contribution < -0.4 is 26.0 Å². The lowest BCUT2D eigenvalue weighted by Crippen LogP contribution is -2.43. The number of imidazole rings is 1. The molecule has 1 unspecified atom stereocenters. The molecule has 3 aromatic heterocycles. The molecule has 2 saturated heterocycles. The van der Waals surface area contributed by atoms with Gasteiger partial charge in [-0.2, -0.15) is 0 Å². The summed E-state index contributed by atoms with van der Waals surface area (Å²) in [5.41, 5.74) is 5.11. The molecule has 0 radical (unpaired) electrons. The topological polar surface area (TPSA) is 155 Å². The predicted molar refractivity (Wildman–Crippen MR) is 198 cm³/mol. The Morgan fingerprint density at radius 2 is 1.85 bits per heavy atom. The third-order valence-corrected chi connectivity index (χ3v) is 10.8. The second kappa shape index (κ2) is 15.6. The van der Waals surface area contributed by atoms with Crippen molar-refractivity contribution >= 4 is 46.6 Å². The number of carbonyl (C=O) groups excluding carboxylic acids is 3. The Morgan fingerprint density at radius 1 is 1.02 bits per heavy atom. The van der Waals surface area contributed by atoms with Crippen molar-refractivity contribution in [1.29, 1.82) is 0 Å². The summed E-state index contributed by atoms with van der Waals surface area (Å²) in [7, 11) is 3.39. The van der Waals surface area contributed by atoms with E-state index in [2.05, 4.69) is 31.2 Å². The van der Waals surface area contributed by atoms with Crippen LogP contribution in [0, 0.1) is 5.92 Å². The molecule has 1 aromatic carbocycles. The highest BCUT2D eigenvalue weighted by molar-refractivity contribution is 6.39. The van der Waals surface area contributed by atoms with E-state index >= 15 is 0 Å². The maximum absolute atomic E-state index is 13.6. The van der Waals surface area contributed by atoms with Gasteiger partial charge >= 0.3 is 0 Å². The molecule has 7 rings (SSSR count). The van der Waals surface area contributed by atoms with Crippen LogP contribution in [0.25, 0.3) is 22.5 Å². The third kappa shape index (κ3) is 7.36. The summed E-state index contributed by atoms with van der Waals surface area (Å²) < 4.78 is 7.42. The number of aromatic nitrogens is 4. The number of halogens is 2. The first-order valence-electron chi connectivity index (χ1n) is 17.5. The van der Waals surface area contributed by atoms with Gasteiger partial charge in [0.1, 0.15) is 0 Å². The van der Waals surface area contributed by atoms with Crippen molar-refractivity contribution in [3.63, 3.8) is 0 Å². The Hall–Kier alpha value is -4.56. The molecule has 272 valence electrons. The van der Waals surface area contributed by atoms with Gasteiger partial charge in [-0.1, -0.05) is 41.4 Å². The number of hydrogen-bond acceptors (Lipinski definition) is 9. The summed E-state index contributed by atoms with van der Waals surface area (Å²) in [5.74, 6) is 0.549. The largest absolute Gasteiger partial charge is 0.481 e. The summed E-state index contributed by atoms with van der Waals surface area (Å²) in [4.78, 5) is 54.2. The number of nitrogens with zero attached hydrogens (tertiary/aromatic N) is 5. The van der Waals surface area contributed by atoms with Gasteiger partial charge in [-0.25, -0.2) is 9.97 Å². The summed E-state index contributed by atoms with van der Waals surface area (Å²) in [6.07, 6.45) is 5.31. The van der Waals surface area contributed by atoms with E-state index in [9.17, 15) is 14.4 Å². The Morgan fingerprint density at radius 3 is 2.62 bits per heavy atom. The Labute approximate surface area is 311 Å². The molecule has 3 aliphatic heterocycles. The fourth-order valence-corrected chi connectivity index (χ4v) is 7.78. The number of amides is 3. The fraction of sp³-hybridized carbons (Fsp3) is 0.405. The van der Waals surface area contributed by atoms with Crippen LogP contribution in [0.4, 0.5) is 5.69 Å².